The van der Waals surface area contributed by atoms with Crippen LogP contribution in [-0.4, -0.2) is 60.5 Å². The second-order valence-corrected chi connectivity index (χ2v) is 5.77. The number of carbonyl (C=O) groups excluding carboxylic acids is 2. The summed E-state index contributed by atoms with van der Waals surface area (Å²) in [5, 5.41) is 0. The van der Waals surface area contributed by atoms with Gasteiger partial charge in [-0.1, -0.05) is 13.8 Å². The van der Waals surface area contributed by atoms with Crippen molar-refractivity contribution in [2.75, 3.05) is 32.8 Å². The average Bonchev–Trinajstić information content (AvgIpc) is 2.82. The van der Waals surface area contributed by atoms with Gasteiger partial charge in [-0.15, -0.1) is 0 Å². The van der Waals surface area contributed by atoms with E-state index in [2.05, 4.69) is 13.8 Å². The smallest absolute Gasteiger partial charge is 0.245 e. The molecule has 19 heavy (non-hydrogen) atoms. The maximum atomic E-state index is 12.6. The molecule has 108 valence electrons. The third-order valence-electron chi connectivity index (χ3n) is 3.79. The molecule has 0 saturated carbocycles. The van der Waals surface area contributed by atoms with Gasteiger partial charge >= 0.3 is 0 Å². The van der Waals surface area contributed by atoms with Gasteiger partial charge in [-0.05, 0) is 18.8 Å². The fourth-order valence-electron chi connectivity index (χ4n) is 2.80. The Morgan fingerprint density at radius 3 is 2.47 bits per heavy atom. The van der Waals surface area contributed by atoms with Gasteiger partial charge in [-0.2, -0.15) is 0 Å². The molecule has 2 aliphatic rings. The molecule has 0 aromatic rings. The predicted octanol–water partition coefficient (Wildman–Crippen LogP) is 0.882. The maximum absolute atomic E-state index is 12.6. The quantitative estimate of drug-likeness (QED) is 0.760. The number of amides is 2. The van der Waals surface area contributed by atoms with Crippen molar-refractivity contribution in [2.45, 2.75) is 39.2 Å². The highest BCUT2D eigenvalue weighted by Gasteiger charge is 2.35. The molecule has 5 heteroatoms. The number of hydrogen-bond acceptors (Lipinski definition) is 3. The van der Waals surface area contributed by atoms with Crippen LogP contribution in [-0.2, 0) is 14.3 Å². The number of hydrogen-bond donors (Lipinski definition) is 0. The first-order valence-corrected chi connectivity index (χ1v) is 7.25. The molecule has 2 amide bonds. The van der Waals surface area contributed by atoms with Gasteiger partial charge in [-0.25, -0.2) is 0 Å². The summed E-state index contributed by atoms with van der Waals surface area (Å²) in [4.78, 5) is 28.2. The van der Waals surface area contributed by atoms with Gasteiger partial charge in [0.15, 0.2) is 0 Å². The zero-order valence-electron chi connectivity index (χ0n) is 11.9. The Morgan fingerprint density at radius 2 is 1.95 bits per heavy atom. The number of ether oxygens (including phenoxy) is 1. The lowest BCUT2D eigenvalue weighted by Gasteiger charge is -2.35. The first kappa shape index (κ1) is 14.3. The monoisotopic (exact) mass is 268 g/mol. The zero-order valence-corrected chi connectivity index (χ0v) is 11.9. The SMILES string of the molecule is CC(C)C[C@@H](C(=O)N1CCOCC1)N1CCCC1=O. The van der Waals surface area contributed by atoms with Crippen molar-refractivity contribution >= 4 is 11.8 Å². The summed E-state index contributed by atoms with van der Waals surface area (Å²) in [6.45, 7) is 7.43. The molecule has 0 spiro atoms. The van der Waals surface area contributed by atoms with Crippen LogP contribution in [0.3, 0.4) is 0 Å². The standard InChI is InChI=1S/C14H24N2O3/c1-11(2)10-12(16-5-3-4-13(16)17)14(18)15-6-8-19-9-7-15/h11-12H,3-10H2,1-2H3/t12-/m0/s1. The molecule has 0 radical (unpaired) electrons. The lowest BCUT2D eigenvalue weighted by molar-refractivity contribution is -0.147. The highest BCUT2D eigenvalue weighted by atomic mass is 16.5. The van der Waals surface area contributed by atoms with Crippen LogP contribution < -0.4 is 0 Å². The van der Waals surface area contributed by atoms with E-state index in [0.717, 1.165) is 19.4 Å². The average molecular weight is 268 g/mol. The molecule has 2 saturated heterocycles. The Kier molecular flexibility index (Phi) is 4.80. The summed E-state index contributed by atoms with van der Waals surface area (Å²) in [6, 6.07) is -0.270. The third kappa shape index (κ3) is 3.47. The normalized spacial score (nSPS) is 22.2. The number of carbonyl (C=O) groups is 2. The molecule has 0 aliphatic carbocycles. The van der Waals surface area contributed by atoms with Gasteiger partial charge in [0.2, 0.25) is 11.8 Å². The molecule has 0 N–H and O–H groups in total. The van der Waals surface area contributed by atoms with E-state index < -0.39 is 0 Å². The topological polar surface area (TPSA) is 49.9 Å². The summed E-state index contributed by atoms with van der Waals surface area (Å²) in [6.07, 6.45) is 2.22. The van der Waals surface area contributed by atoms with Crippen LogP contribution in [0.25, 0.3) is 0 Å². The molecule has 0 aromatic heterocycles. The van der Waals surface area contributed by atoms with E-state index in [1.807, 2.05) is 4.90 Å². The molecule has 0 bridgehead atoms. The second-order valence-electron chi connectivity index (χ2n) is 5.77. The van der Waals surface area contributed by atoms with Gasteiger partial charge in [0, 0.05) is 26.1 Å². The third-order valence-corrected chi connectivity index (χ3v) is 3.79. The molecule has 1 atom stereocenters. The first-order valence-electron chi connectivity index (χ1n) is 7.25. The van der Waals surface area contributed by atoms with Gasteiger partial charge in [0.25, 0.3) is 0 Å². The Labute approximate surface area is 114 Å². The second kappa shape index (κ2) is 6.37. The molecular weight excluding hydrogens is 244 g/mol. The van der Waals surface area contributed by atoms with E-state index in [9.17, 15) is 9.59 Å². The minimum Gasteiger partial charge on any atom is -0.378 e. The molecule has 0 unspecified atom stereocenters. The highest BCUT2D eigenvalue weighted by Crippen LogP contribution is 2.21. The van der Waals surface area contributed by atoms with Gasteiger partial charge in [0.1, 0.15) is 6.04 Å². The first-order chi connectivity index (χ1) is 9.09. The molecule has 2 heterocycles. The molecule has 2 rings (SSSR count). The summed E-state index contributed by atoms with van der Waals surface area (Å²) in [7, 11) is 0. The number of nitrogens with zero attached hydrogens (tertiary/aromatic N) is 2. The number of morpholine rings is 1. The number of likely N-dealkylation sites (tertiary alicyclic amines) is 1. The molecular formula is C14H24N2O3. The van der Waals surface area contributed by atoms with Crippen LogP contribution in [0.1, 0.15) is 33.1 Å². The van der Waals surface area contributed by atoms with Gasteiger partial charge < -0.3 is 14.5 Å². The fraction of sp³-hybridized carbons (Fsp3) is 0.857. The highest BCUT2D eigenvalue weighted by molar-refractivity contribution is 5.88. The van der Waals surface area contributed by atoms with E-state index in [0.29, 0.717) is 38.6 Å². The van der Waals surface area contributed by atoms with Crippen molar-refractivity contribution in [3.63, 3.8) is 0 Å². The minimum absolute atomic E-state index is 0.104. The van der Waals surface area contributed by atoms with Gasteiger partial charge in [-0.3, -0.25) is 9.59 Å². The van der Waals surface area contributed by atoms with Crippen LogP contribution >= 0.6 is 0 Å². The van der Waals surface area contributed by atoms with Crippen LogP contribution in [0.2, 0.25) is 0 Å². The van der Waals surface area contributed by atoms with E-state index in [4.69, 9.17) is 4.74 Å². The zero-order chi connectivity index (χ0) is 13.8. The van der Waals surface area contributed by atoms with Crippen molar-refractivity contribution in [1.29, 1.82) is 0 Å². The lowest BCUT2D eigenvalue weighted by Crippen LogP contribution is -2.52. The Hall–Kier alpha value is -1.10. The van der Waals surface area contributed by atoms with Crippen molar-refractivity contribution in [2.24, 2.45) is 5.92 Å². The van der Waals surface area contributed by atoms with E-state index in [1.54, 1.807) is 4.90 Å². The van der Waals surface area contributed by atoms with Crippen LogP contribution in [0.4, 0.5) is 0 Å². The van der Waals surface area contributed by atoms with Crippen molar-refractivity contribution < 1.29 is 14.3 Å². The predicted molar refractivity (Wildman–Crippen MR) is 71.6 cm³/mol. The summed E-state index contributed by atoms with van der Waals surface area (Å²) >= 11 is 0. The fourth-order valence-corrected chi connectivity index (χ4v) is 2.80. The maximum Gasteiger partial charge on any atom is 0.245 e. The molecule has 2 aliphatic heterocycles. The molecule has 2 fully saturated rings. The molecule has 5 nitrogen and oxygen atoms in total. The van der Waals surface area contributed by atoms with Crippen molar-refractivity contribution in [3.05, 3.63) is 0 Å². The van der Waals surface area contributed by atoms with Crippen LogP contribution in [0.15, 0.2) is 0 Å². The van der Waals surface area contributed by atoms with Crippen LogP contribution in [0.5, 0.6) is 0 Å². The number of rotatable bonds is 4. The lowest BCUT2D eigenvalue weighted by atomic mass is 10.0. The summed E-state index contributed by atoms with van der Waals surface area (Å²) in [5.74, 6) is 0.642. The van der Waals surface area contributed by atoms with E-state index in [-0.39, 0.29) is 17.9 Å². The Bertz CT molecular complexity index is 338. The summed E-state index contributed by atoms with van der Waals surface area (Å²) in [5.41, 5.74) is 0. The van der Waals surface area contributed by atoms with Crippen molar-refractivity contribution in [3.8, 4) is 0 Å². The Balaban J connectivity index is 2.07. The van der Waals surface area contributed by atoms with E-state index in [1.165, 1.54) is 0 Å². The van der Waals surface area contributed by atoms with Crippen molar-refractivity contribution in [1.82, 2.24) is 9.80 Å². The van der Waals surface area contributed by atoms with Gasteiger partial charge in [0.05, 0.1) is 13.2 Å². The largest absolute Gasteiger partial charge is 0.378 e. The summed E-state index contributed by atoms with van der Waals surface area (Å²) < 4.78 is 5.28. The van der Waals surface area contributed by atoms with E-state index >= 15 is 0 Å². The minimum atomic E-state index is -0.270. The molecule has 0 aromatic carbocycles. The Morgan fingerprint density at radius 1 is 1.26 bits per heavy atom. The van der Waals surface area contributed by atoms with Crippen LogP contribution in [0, 0.1) is 5.92 Å².